The molecule has 6 aliphatic rings. The molecule has 25 heavy (non-hydrogen) atoms. The van der Waals surface area contributed by atoms with Crippen molar-refractivity contribution in [2.75, 3.05) is 0 Å². The van der Waals surface area contributed by atoms with Crippen molar-refractivity contribution in [2.24, 2.45) is 29.6 Å². The predicted octanol–water partition coefficient (Wildman–Crippen LogP) is 5.16. The van der Waals surface area contributed by atoms with Gasteiger partial charge < -0.3 is 4.74 Å². The van der Waals surface area contributed by atoms with Crippen molar-refractivity contribution in [3.05, 3.63) is 11.6 Å². The summed E-state index contributed by atoms with van der Waals surface area (Å²) < 4.78 is 5.69. The summed E-state index contributed by atoms with van der Waals surface area (Å²) in [5.41, 5.74) is 1.32. The Morgan fingerprint density at radius 1 is 1.04 bits per heavy atom. The number of carbonyl (C=O) groups is 1. The molecule has 4 aliphatic carbocycles. The van der Waals surface area contributed by atoms with E-state index in [1.165, 1.54) is 32.1 Å². The summed E-state index contributed by atoms with van der Waals surface area (Å²) in [4.78, 5) is 14.7. The molecule has 0 N–H and O–H groups in total. The first kappa shape index (κ1) is 16.2. The van der Waals surface area contributed by atoms with Gasteiger partial charge in [-0.15, -0.1) is 0 Å². The van der Waals surface area contributed by atoms with E-state index in [0.717, 1.165) is 48.9 Å². The van der Waals surface area contributed by atoms with Gasteiger partial charge >= 0.3 is 6.09 Å². The summed E-state index contributed by atoms with van der Waals surface area (Å²) in [7, 11) is 0. The summed E-state index contributed by atoms with van der Waals surface area (Å²) >= 11 is 0. The number of amides is 1. The van der Waals surface area contributed by atoms with Crippen LogP contribution in [0, 0.1) is 29.6 Å². The Kier molecular flexibility index (Phi) is 3.57. The zero-order valence-corrected chi connectivity index (χ0v) is 16.0. The molecule has 1 amide bonds. The van der Waals surface area contributed by atoms with Gasteiger partial charge in [-0.2, -0.15) is 0 Å². The fraction of sp³-hybridized carbons (Fsp3) is 0.864. The summed E-state index contributed by atoms with van der Waals surface area (Å²) in [6.07, 6.45) is 13.3. The maximum Gasteiger partial charge on any atom is 0.411 e. The summed E-state index contributed by atoms with van der Waals surface area (Å²) in [5.74, 6) is 4.83. The van der Waals surface area contributed by atoms with Gasteiger partial charge in [-0.25, -0.2) is 4.79 Å². The van der Waals surface area contributed by atoms with Crippen LogP contribution in [0.2, 0.25) is 0 Å². The Morgan fingerprint density at radius 2 is 1.68 bits per heavy atom. The van der Waals surface area contributed by atoms with Gasteiger partial charge in [-0.3, -0.25) is 4.90 Å². The average Bonchev–Trinajstić information content (AvgIpc) is 2.76. The van der Waals surface area contributed by atoms with Gasteiger partial charge in [0.05, 0.1) is 6.04 Å². The SMILES string of the molecule is CC(C)(C)OC(=O)N1C2C=C(C3C4CC5CC(C4)CC3C5)CC1CC2. The van der Waals surface area contributed by atoms with E-state index in [0.29, 0.717) is 12.1 Å². The smallest absolute Gasteiger partial charge is 0.411 e. The Morgan fingerprint density at radius 3 is 2.24 bits per heavy atom. The molecule has 6 rings (SSSR count). The lowest BCUT2D eigenvalue weighted by Crippen LogP contribution is -2.49. The third-order valence-electron chi connectivity index (χ3n) is 7.68. The molecule has 2 unspecified atom stereocenters. The molecule has 0 aromatic heterocycles. The Bertz CT molecular complexity index is 574. The summed E-state index contributed by atoms with van der Waals surface area (Å²) in [6, 6.07) is 0.679. The van der Waals surface area contributed by atoms with Gasteiger partial charge in [0.25, 0.3) is 0 Å². The Labute approximate surface area is 152 Å². The number of hydrogen-bond donors (Lipinski definition) is 0. The van der Waals surface area contributed by atoms with Gasteiger partial charge in [0.15, 0.2) is 0 Å². The van der Waals surface area contributed by atoms with Gasteiger partial charge in [-0.1, -0.05) is 11.6 Å². The second-order valence-electron chi connectivity index (χ2n) is 10.6. The molecular weight excluding hydrogens is 310 g/mol. The number of fused-ring (bicyclic) bond motifs is 2. The normalized spacial score (nSPS) is 44.8. The number of ether oxygens (including phenoxy) is 1. The molecule has 1 saturated heterocycles. The van der Waals surface area contributed by atoms with E-state index in [4.69, 9.17) is 4.74 Å². The molecule has 2 atom stereocenters. The van der Waals surface area contributed by atoms with E-state index in [-0.39, 0.29) is 6.09 Å². The molecule has 0 aromatic rings. The van der Waals surface area contributed by atoms with Crippen molar-refractivity contribution in [1.82, 2.24) is 4.90 Å². The molecule has 0 radical (unpaired) electrons. The average molecular weight is 344 g/mol. The van der Waals surface area contributed by atoms with Crippen LogP contribution in [0.25, 0.3) is 0 Å². The Hall–Kier alpha value is -0.990. The van der Waals surface area contributed by atoms with Crippen molar-refractivity contribution in [3.63, 3.8) is 0 Å². The van der Waals surface area contributed by atoms with Crippen LogP contribution in [0.4, 0.5) is 4.79 Å². The van der Waals surface area contributed by atoms with Crippen LogP contribution in [0.15, 0.2) is 11.6 Å². The third kappa shape index (κ3) is 2.73. The maximum absolute atomic E-state index is 12.7. The van der Waals surface area contributed by atoms with E-state index in [9.17, 15) is 4.79 Å². The second kappa shape index (κ2) is 5.50. The van der Waals surface area contributed by atoms with Gasteiger partial charge in [0, 0.05) is 6.04 Å². The zero-order valence-electron chi connectivity index (χ0n) is 16.0. The Balaban J connectivity index is 1.36. The van der Waals surface area contributed by atoms with E-state index >= 15 is 0 Å². The van der Waals surface area contributed by atoms with Crippen molar-refractivity contribution < 1.29 is 9.53 Å². The minimum absolute atomic E-state index is 0.0969. The van der Waals surface area contributed by atoms with E-state index < -0.39 is 5.60 Å². The van der Waals surface area contributed by atoms with Crippen molar-refractivity contribution in [2.45, 2.75) is 89.8 Å². The van der Waals surface area contributed by atoms with Crippen molar-refractivity contribution in [1.29, 1.82) is 0 Å². The number of rotatable bonds is 1. The molecule has 138 valence electrons. The molecule has 5 fully saturated rings. The number of nitrogens with zero attached hydrogens (tertiary/aromatic N) is 1. The largest absolute Gasteiger partial charge is 0.444 e. The van der Waals surface area contributed by atoms with Crippen molar-refractivity contribution in [3.8, 4) is 0 Å². The van der Waals surface area contributed by atoms with Crippen LogP contribution in [0.1, 0.15) is 72.1 Å². The second-order valence-corrected chi connectivity index (χ2v) is 10.6. The van der Waals surface area contributed by atoms with Crippen LogP contribution < -0.4 is 0 Å². The molecule has 2 aliphatic heterocycles. The lowest BCUT2D eigenvalue weighted by atomic mass is 9.50. The highest BCUT2D eigenvalue weighted by Gasteiger charge is 2.51. The number of carbonyl (C=O) groups excluding carboxylic acids is 1. The first-order valence-electron chi connectivity index (χ1n) is 10.6. The minimum Gasteiger partial charge on any atom is -0.444 e. The molecule has 6 bridgehead atoms. The van der Waals surface area contributed by atoms with Crippen LogP contribution in [0.3, 0.4) is 0 Å². The predicted molar refractivity (Wildman–Crippen MR) is 98.1 cm³/mol. The van der Waals surface area contributed by atoms with E-state index in [1.54, 1.807) is 5.57 Å². The molecular formula is C22H33NO2. The van der Waals surface area contributed by atoms with Crippen molar-refractivity contribution >= 4 is 6.09 Å². The highest BCUT2D eigenvalue weighted by atomic mass is 16.6. The first-order valence-corrected chi connectivity index (χ1v) is 10.6. The van der Waals surface area contributed by atoms with Crippen LogP contribution >= 0.6 is 0 Å². The van der Waals surface area contributed by atoms with Crippen LogP contribution in [-0.4, -0.2) is 28.7 Å². The molecule has 3 nitrogen and oxygen atoms in total. The lowest BCUT2D eigenvalue weighted by Gasteiger charge is -2.56. The van der Waals surface area contributed by atoms with Gasteiger partial charge in [0.1, 0.15) is 5.60 Å². The summed E-state index contributed by atoms with van der Waals surface area (Å²) in [6.45, 7) is 5.89. The standard InChI is InChI=1S/C22H33NO2/c1-22(2,3)25-21(24)23-18-4-5-19(23)12-17(11-18)20-15-7-13-6-14(9-15)10-16(20)8-13/h11,13-16,18-20H,4-10,12H2,1-3H3. The highest BCUT2D eigenvalue weighted by molar-refractivity contribution is 5.70. The third-order valence-corrected chi connectivity index (χ3v) is 7.68. The van der Waals surface area contributed by atoms with E-state index in [2.05, 4.69) is 11.0 Å². The molecule has 0 spiro atoms. The monoisotopic (exact) mass is 343 g/mol. The van der Waals surface area contributed by atoms with Gasteiger partial charge in [-0.05, 0) is 102 Å². The maximum atomic E-state index is 12.7. The quantitative estimate of drug-likeness (QED) is 0.616. The lowest BCUT2D eigenvalue weighted by molar-refractivity contribution is -0.0252. The van der Waals surface area contributed by atoms with E-state index in [1.807, 2.05) is 20.8 Å². The molecule has 3 heteroatoms. The topological polar surface area (TPSA) is 29.5 Å². The van der Waals surface area contributed by atoms with Gasteiger partial charge in [0.2, 0.25) is 0 Å². The molecule has 4 saturated carbocycles. The van der Waals surface area contributed by atoms with Crippen LogP contribution in [-0.2, 0) is 4.74 Å². The fourth-order valence-electron chi connectivity index (χ4n) is 7.24. The summed E-state index contributed by atoms with van der Waals surface area (Å²) in [5, 5.41) is 0. The minimum atomic E-state index is -0.401. The first-order chi connectivity index (χ1) is 11.9. The molecule has 2 heterocycles. The fourth-order valence-corrected chi connectivity index (χ4v) is 7.24. The van der Waals surface area contributed by atoms with Crippen LogP contribution in [0.5, 0.6) is 0 Å². The highest BCUT2D eigenvalue weighted by Crippen LogP contribution is 2.59. The number of hydrogen-bond acceptors (Lipinski definition) is 2. The zero-order chi connectivity index (χ0) is 17.3. The molecule has 0 aromatic carbocycles.